The minimum absolute atomic E-state index is 0.0686. The fraction of sp³-hybridized carbons (Fsp3) is 0.250. The van der Waals surface area contributed by atoms with Crippen molar-refractivity contribution in [2.75, 3.05) is 36.4 Å². The number of benzene rings is 2. The second-order valence-electron chi connectivity index (χ2n) is 7.32. The molecule has 0 spiro atoms. The van der Waals surface area contributed by atoms with Crippen LogP contribution >= 0.6 is 0 Å². The van der Waals surface area contributed by atoms with E-state index < -0.39 is 0 Å². The average molecular weight is 386 g/mol. The Morgan fingerprint density at radius 1 is 0.966 bits per heavy atom. The molecular weight excluding hydrogens is 360 g/mol. The van der Waals surface area contributed by atoms with Crippen LogP contribution in [0.4, 0.5) is 11.5 Å². The molecule has 148 valence electrons. The Bertz CT molecular complexity index is 965. The van der Waals surface area contributed by atoms with E-state index in [4.69, 9.17) is 0 Å². The number of aromatic nitrogens is 1. The molecule has 1 aliphatic heterocycles. The van der Waals surface area contributed by atoms with Gasteiger partial charge in [0, 0.05) is 50.2 Å². The zero-order valence-corrected chi connectivity index (χ0v) is 16.7. The predicted octanol–water partition coefficient (Wildman–Crippen LogP) is 3.96. The van der Waals surface area contributed by atoms with Gasteiger partial charge in [-0.15, -0.1) is 0 Å². The summed E-state index contributed by atoms with van der Waals surface area (Å²) < 4.78 is 0. The summed E-state index contributed by atoms with van der Waals surface area (Å²) in [5.41, 5.74) is 4.36. The zero-order chi connectivity index (χ0) is 20.1. The minimum atomic E-state index is 0.0686. The summed E-state index contributed by atoms with van der Waals surface area (Å²) in [5, 5.41) is 3.34. The molecular formula is C24H26N4O. The van der Waals surface area contributed by atoms with Crippen LogP contribution in [0.3, 0.4) is 0 Å². The van der Waals surface area contributed by atoms with Gasteiger partial charge in [-0.3, -0.25) is 4.79 Å². The lowest BCUT2D eigenvalue weighted by Gasteiger charge is -2.36. The molecule has 1 saturated heterocycles. The number of para-hydroxylation sites is 1. The molecule has 0 saturated carbocycles. The van der Waals surface area contributed by atoms with E-state index in [2.05, 4.69) is 58.5 Å². The van der Waals surface area contributed by atoms with E-state index in [-0.39, 0.29) is 5.91 Å². The maximum Gasteiger partial charge on any atom is 0.254 e. The van der Waals surface area contributed by atoms with Gasteiger partial charge in [-0.25, -0.2) is 4.98 Å². The van der Waals surface area contributed by atoms with Crippen LogP contribution in [0.15, 0.2) is 72.9 Å². The van der Waals surface area contributed by atoms with E-state index in [1.807, 2.05) is 29.2 Å². The predicted molar refractivity (Wildman–Crippen MR) is 117 cm³/mol. The molecule has 0 bridgehead atoms. The fourth-order valence-corrected chi connectivity index (χ4v) is 3.64. The molecule has 1 fully saturated rings. The average Bonchev–Trinajstić information content (AvgIpc) is 2.79. The van der Waals surface area contributed by atoms with Crippen molar-refractivity contribution in [3.05, 3.63) is 89.6 Å². The van der Waals surface area contributed by atoms with Crippen molar-refractivity contribution < 1.29 is 4.79 Å². The molecule has 0 unspecified atom stereocenters. The normalized spacial score (nSPS) is 14.0. The Balaban J connectivity index is 1.37. The van der Waals surface area contributed by atoms with Crippen molar-refractivity contribution in [1.29, 1.82) is 0 Å². The molecule has 1 aliphatic rings. The number of hydrogen-bond acceptors (Lipinski definition) is 4. The van der Waals surface area contributed by atoms with Crippen LogP contribution in [-0.2, 0) is 6.54 Å². The third kappa shape index (κ3) is 4.57. The van der Waals surface area contributed by atoms with Crippen molar-refractivity contribution in [2.45, 2.75) is 13.5 Å². The zero-order valence-electron chi connectivity index (χ0n) is 16.7. The van der Waals surface area contributed by atoms with Crippen molar-refractivity contribution in [1.82, 2.24) is 9.88 Å². The number of nitrogens with zero attached hydrogens (tertiary/aromatic N) is 3. The molecule has 5 nitrogen and oxygen atoms in total. The molecule has 0 radical (unpaired) electrons. The summed E-state index contributed by atoms with van der Waals surface area (Å²) in [7, 11) is 0. The number of piperazine rings is 1. The molecule has 2 aromatic carbocycles. The van der Waals surface area contributed by atoms with E-state index in [0.29, 0.717) is 12.1 Å². The van der Waals surface area contributed by atoms with Crippen LogP contribution in [0, 0.1) is 6.92 Å². The van der Waals surface area contributed by atoms with Crippen LogP contribution in [0.2, 0.25) is 0 Å². The van der Waals surface area contributed by atoms with Gasteiger partial charge in [0.05, 0.1) is 0 Å². The number of carbonyl (C=O) groups is 1. The van der Waals surface area contributed by atoms with Gasteiger partial charge in [-0.1, -0.05) is 42.5 Å². The lowest BCUT2D eigenvalue weighted by molar-refractivity contribution is 0.0746. The van der Waals surface area contributed by atoms with E-state index in [1.165, 1.54) is 16.8 Å². The highest BCUT2D eigenvalue weighted by Crippen LogP contribution is 2.18. The molecule has 1 amide bonds. The summed E-state index contributed by atoms with van der Waals surface area (Å²) in [6.07, 6.45) is 1.70. The second-order valence-corrected chi connectivity index (χ2v) is 7.32. The van der Waals surface area contributed by atoms with Gasteiger partial charge in [0.15, 0.2) is 0 Å². The van der Waals surface area contributed by atoms with Gasteiger partial charge in [0.25, 0.3) is 5.91 Å². The first kappa shape index (κ1) is 19.0. The number of aryl methyl sites for hydroxylation is 1. The van der Waals surface area contributed by atoms with E-state index in [1.54, 1.807) is 12.3 Å². The van der Waals surface area contributed by atoms with E-state index in [0.717, 1.165) is 32.0 Å². The Kier molecular flexibility index (Phi) is 5.75. The maximum absolute atomic E-state index is 13.0. The summed E-state index contributed by atoms with van der Waals surface area (Å²) in [4.78, 5) is 21.6. The lowest BCUT2D eigenvalue weighted by Crippen LogP contribution is -2.48. The number of amides is 1. The fourth-order valence-electron chi connectivity index (χ4n) is 3.64. The second kappa shape index (κ2) is 8.78. The first-order chi connectivity index (χ1) is 14.2. The van der Waals surface area contributed by atoms with Gasteiger partial charge in [-0.05, 0) is 42.3 Å². The van der Waals surface area contributed by atoms with Crippen LogP contribution in [0.1, 0.15) is 21.5 Å². The van der Waals surface area contributed by atoms with Gasteiger partial charge < -0.3 is 15.1 Å². The Labute approximate surface area is 172 Å². The molecule has 0 aliphatic carbocycles. The molecule has 0 atom stereocenters. The summed E-state index contributed by atoms with van der Waals surface area (Å²) in [6, 6.07) is 22.3. The number of pyridine rings is 1. The highest BCUT2D eigenvalue weighted by Gasteiger charge is 2.22. The van der Waals surface area contributed by atoms with E-state index >= 15 is 0 Å². The first-order valence-electron chi connectivity index (χ1n) is 10.0. The minimum Gasteiger partial charge on any atom is -0.368 e. The topological polar surface area (TPSA) is 48.5 Å². The van der Waals surface area contributed by atoms with Crippen LogP contribution < -0.4 is 10.2 Å². The lowest BCUT2D eigenvalue weighted by atomic mass is 10.1. The number of anilines is 2. The Morgan fingerprint density at radius 3 is 2.45 bits per heavy atom. The van der Waals surface area contributed by atoms with Crippen LogP contribution in [-0.4, -0.2) is 42.0 Å². The standard InChI is InChI=1S/C24H26N4O/c1-19-7-5-6-8-21(19)18-26-23-17-20(11-12-25-23)24(29)28-15-13-27(14-16-28)22-9-3-2-4-10-22/h2-12,17H,13-16,18H2,1H3,(H,25,26). The van der Waals surface area contributed by atoms with Gasteiger partial charge in [0.1, 0.15) is 5.82 Å². The Morgan fingerprint density at radius 2 is 1.69 bits per heavy atom. The largest absolute Gasteiger partial charge is 0.368 e. The molecule has 2 heterocycles. The summed E-state index contributed by atoms with van der Waals surface area (Å²) in [5.74, 6) is 0.793. The molecule has 3 aromatic rings. The van der Waals surface area contributed by atoms with Crippen molar-refractivity contribution in [3.63, 3.8) is 0 Å². The smallest absolute Gasteiger partial charge is 0.254 e. The molecule has 4 rings (SSSR count). The summed E-state index contributed by atoms with van der Waals surface area (Å²) >= 11 is 0. The maximum atomic E-state index is 13.0. The van der Waals surface area contributed by atoms with Crippen LogP contribution in [0.25, 0.3) is 0 Å². The van der Waals surface area contributed by atoms with Crippen molar-refractivity contribution in [3.8, 4) is 0 Å². The van der Waals surface area contributed by atoms with Crippen molar-refractivity contribution >= 4 is 17.4 Å². The highest BCUT2D eigenvalue weighted by molar-refractivity contribution is 5.95. The number of rotatable bonds is 5. The third-order valence-electron chi connectivity index (χ3n) is 5.42. The molecule has 1 N–H and O–H groups in total. The number of carbonyl (C=O) groups excluding carboxylic acids is 1. The highest BCUT2D eigenvalue weighted by atomic mass is 16.2. The molecule has 5 heteroatoms. The number of hydrogen-bond donors (Lipinski definition) is 1. The monoisotopic (exact) mass is 386 g/mol. The van der Waals surface area contributed by atoms with Crippen LogP contribution in [0.5, 0.6) is 0 Å². The van der Waals surface area contributed by atoms with Gasteiger partial charge in [-0.2, -0.15) is 0 Å². The quantitative estimate of drug-likeness (QED) is 0.721. The number of nitrogens with one attached hydrogen (secondary N) is 1. The SMILES string of the molecule is Cc1ccccc1CNc1cc(C(=O)N2CCN(c3ccccc3)CC2)ccn1. The van der Waals surface area contributed by atoms with Crippen molar-refractivity contribution in [2.24, 2.45) is 0 Å². The molecule has 1 aromatic heterocycles. The summed E-state index contributed by atoms with van der Waals surface area (Å²) in [6.45, 7) is 5.93. The first-order valence-corrected chi connectivity index (χ1v) is 10.0. The van der Waals surface area contributed by atoms with E-state index in [9.17, 15) is 4.79 Å². The Hall–Kier alpha value is -3.34. The van der Waals surface area contributed by atoms with Gasteiger partial charge in [0.2, 0.25) is 0 Å². The third-order valence-corrected chi connectivity index (χ3v) is 5.42. The van der Waals surface area contributed by atoms with Gasteiger partial charge >= 0.3 is 0 Å². The molecule has 29 heavy (non-hydrogen) atoms.